The maximum atomic E-state index is 10.5. The standard InChI is InChI=1S/C16H21NO/c18-14-6-9-16-8-3-10-17(16)11-7-12-4-1-2-5-13(12)15(14)16/h1-2,4-5,14-15,18H,3,6-11H2. The molecule has 2 heteroatoms. The fourth-order valence-corrected chi connectivity index (χ4v) is 4.82. The van der Waals surface area contributed by atoms with Gasteiger partial charge in [-0.15, -0.1) is 0 Å². The molecule has 0 aromatic heterocycles. The second kappa shape index (κ2) is 3.82. The SMILES string of the molecule is OC1CCC23CCCN2CCc2ccccc2C13. The summed E-state index contributed by atoms with van der Waals surface area (Å²) in [5, 5.41) is 10.5. The van der Waals surface area contributed by atoms with Gasteiger partial charge in [-0.25, -0.2) is 0 Å². The molecule has 1 spiro atoms. The molecule has 2 aliphatic heterocycles. The number of hydrogen-bond donors (Lipinski definition) is 1. The van der Waals surface area contributed by atoms with E-state index in [0.29, 0.717) is 5.92 Å². The van der Waals surface area contributed by atoms with Crippen molar-refractivity contribution in [1.29, 1.82) is 0 Å². The molecule has 1 saturated carbocycles. The summed E-state index contributed by atoms with van der Waals surface area (Å²) in [6.45, 7) is 2.41. The summed E-state index contributed by atoms with van der Waals surface area (Å²) in [6, 6.07) is 8.81. The summed E-state index contributed by atoms with van der Waals surface area (Å²) in [6.07, 6.45) is 5.78. The number of fused-ring (bicyclic) bond motifs is 2. The molecule has 1 aromatic carbocycles. The quantitative estimate of drug-likeness (QED) is 0.756. The first-order chi connectivity index (χ1) is 8.81. The second-order valence-corrected chi connectivity index (χ2v) is 6.23. The number of aliphatic hydroxyl groups is 1. The van der Waals surface area contributed by atoms with E-state index in [4.69, 9.17) is 0 Å². The van der Waals surface area contributed by atoms with Crippen molar-refractivity contribution in [3.63, 3.8) is 0 Å². The molecule has 3 unspecified atom stereocenters. The minimum absolute atomic E-state index is 0.134. The predicted molar refractivity (Wildman–Crippen MR) is 71.7 cm³/mol. The number of rotatable bonds is 0. The summed E-state index contributed by atoms with van der Waals surface area (Å²) in [5.41, 5.74) is 3.19. The fourth-order valence-electron chi connectivity index (χ4n) is 4.82. The Kier molecular flexibility index (Phi) is 2.33. The monoisotopic (exact) mass is 243 g/mol. The van der Waals surface area contributed by atoms with Gasteiger partial charge in [-0.05, 0) is 49.8 Å². The summed E-state index contributed by atoms with van der Waals surface area (Å²) >= 11 is 0. The van der Waals surface area contributed by atoms with E-state index in [-0.39, 0.29) is 11.6 Å². The van der Waals surface area contributed by atoms with Crippen LogP contribution < -0.4 is 0 Å². The summed E-state index contributed by atoms with van der Waals surface area (Å²) in [4.78, 5) is 2.69. The van der Waals surface area contributed by atoms with Crippen LogP contribution in [-0.2, 0) is 6.42 Å². The van der Waals surface area contributed by atoms with Gasteiger partial charge in [0.1, 0.15) is 0 Å². The molecule has 3 atom stereocenters. The molecule has 96 valence electrons. The van der Waals surface area contributed by atoms with Gasteiger partial charge >= 0.3 is 0 Å². The topological polar surface area (TPSA) is 23.5 Å². The minimum atomic E-state index is -0.134. The Balaban J connectivity index is 1.89. The van der Waals surface area contributed by atoms with Gasteiger partial charge in [-0.1, -0.05) is 24.3 Å². The highest BCUT2D eigenvalue weighted by molar-refractivity contribution is 5.38. The third-order valence-corrected chi connectivity index (χ3v) is 5.55. The van der Waals surface area contributed by atoms with Crippen LogP contribution in [0.15, 0.2) is 24.3 Å². The average Bonchev–Trinajstić information content (AvgIpc) is 2.90. The first kappa shape index (κ1) is 11.0. The molecule has 0 amide bonds. The van der Waals surface area contributed by atoms with Crippen molar-refractivity contribution in [3.8, 4) is 0 Å². The maximum Gasteiger partial charge on any atom is 0.0627 e. The molecule has 1 saturated heterocycles. The molecule has 3 aliphatic rings. The Bertz CT molecular complexity index is 472. The van der Waals surface area contributed by atoms with Crippen LogP contribution in [0.3, 0.4) is 0 Å². The molecular formula is C16H21NO. The molecule has 18 heavy (non-hydrogen) atoms. The second-order valence-electron chi connectivity index (χ2n) is 6.23. The lowest BCUT2D eigenvalue weighted by atomic mass is 9.78. The zero-order valence-corrected chi connectivity index (χ0v) is 10.8. The molecule has 4 rings (SSSR count). The molecule has 1 N–H and O–H groups in total. The van der Waals surface area contributed by atoms with E-state index in [0.717, 1.165) is 12.8 Å². The predicted octanol–water partition coefficient (Wildman–Crippen LogP) is 2.32. The van der Waals surface area contributed by atoms with E-state index >= 15 is 0 Å². The Hall–Kier alpha value is -0.860. The van der Waals surface area contributed by atoms with E-state index in [9.17, 15) is 5.11 Å². The van der Waals surface area contributed by atoms with Gasteiger partial charge in [-0.2, -0.15) is 0 Å². The van der Waals surface area contributed by atoms with Crippen LogP contribution in [0.1, 0.15) is 42.7 Å². The van der Waals surface area contributed by atoms with Gasteiger partial charge in [0.25, 0.3) is 0 Å². The lowest BCUT2D eigenvalue weighted by Gasteiger charge is -2.39. The van der Waals surface area contributed by atoms with Crippen LogP contribution >= 0.6 is 0 Å². The van der Waals surface area contributed by atoms with Gasteiger partial charge in [0.05, 0.1) is 6.10 Å². The van der Waals surface area contributed by atoms with Gasteiger partial charge in [-0.3, -0.25) is 4.90 Å². The molecule has 2 nitrogen and oxygen atoms in total. The molecule has 1 aromatic rings. The van der Waals surface area contributed by atoms with Gasteiger partial charge in [0.15, 0.2) is 0 Å². The Morgan fingerprint density at radius 2 is 2.06 bits per heavy atom. The lowest BCUT2D eigenvalue weighted by Crippen LogP contribution is -2.46. The zero-order chi connectivity index (χ0) is 12.2. The third kappa shape index (κ3) is 1.31. The first-order valence-corrected chi connectivity index (χ1v) is 7.32. The van der Waals surface area contributed by atoms with Crippen LogP contribution in [0.5, 0.6) is 0 Å². The first-order valence-electron chi connectivity index (χ1n) is 7.32. The van der Waals surface area contributed by atoms with Crippen molar-refractivity contribution < 1.29 is 5.11 Å². The number of benzene rings is 1. The Labute approximate surface area is 109 Å². The van der Waals surface area contributed by atoms with E-state index < -0.39 is 0 Å². The number of hydrogen-bond acceptors (Lipinski definition) is 2. The van der Waals surface area contributed by atoms with Gasteiger partial charge < -0.3 is 5.11 Å². The molecule has 2 fully saturated rings. The Morgan fingerprint density at radius 3 is 3.00 bits per heavy atom. The summed E-state index contributed by atoms with van der Waals surface area (Å²) in [7, 11) is 0. The average molecular weight is 243 g/mol. The maximum absolute atomic E-state index is 10.5. The lowest BCUT2D eigenvalue weighted by molar-refractivity contribution is 0.0898. The fraction of sp³-hybridized carbons (Fsp3) is 0.625. The van der Waals surface area contributed by atoms with E-state index in [1.807, 2.05) is 0 Å². The Morgan fingerprint density at radius 1 is 1.17 bits per heavy atom. The van der Waals surface area contributed by atoms with Gasteiger partial charge in [0, 0.05) is 18.0 Å². The molecular weight excluding hydrogens is 222 g/mol. The summed E-state index contributed by atoms with van der Waals surface area (Å²) < 4.78 is 0. The van der Waals surface area contributed by atoms with Gasteiger partial charge in [0.2, 0.25) is 0 Å². The highest BCUT2D eigenvalue weighted by Gasteiger charge is 2.55. The van der Waals surface area contributed by atoms with Crippen molar-refractivity contribution in [2.24, 2.45) is 0 Å². The van der Waals surface area contributed by atoms with Crippen LogP contribution in [0.2, 0.25) is 0 Å². The number of nitrogens with zero attached hydrogens (tertiary/aromatic N) is 1. The van der Waals surface area contributed by atoms with Crippen LogP contribution in [0.4, 0.5) is 0 Å². The van der Waals surface area contributed by atoms with E-state index in [1.54, 1.807) is 0 Å². The van der Waals surface area contributed by atoms with E-state index in [2.05, 4.69) is 29.2 Å². The highest BCUT2D eigenvalue weighted by Crippen LogP contribution is 2.53. The molecule has 2 heterocycles. The molecule has 1 aliphatic carbocycles. The van der Waals surface area contributed by atoms with Crippen LogP contribution in [0, 0.1) is 0 Å². The van der Waals surface area contributed by atoms with Crippen molar-refractivity contribution in [1.82, 2.24) is 4.90 Å². The van der Waals surface area contributed by atoms with Crippen LogP contribution in [-0.4, -0.2) is 34.7 Å². The molecule has 0 radical (unpaired) electrons. The van der Waals surface area contributed by atoms with Crippen molar-refractivity contribution in [3.05, 3.63) is 35.4 Å². The van der Waals surface area contributed by atoms with Crippen LogP contribution in [0.25, 0.3) is 0 Å². The van der Waals surface area contributed by atoms with E-state index in [1.165, 1.54) is 43.5 Å². The van der Waals surface area contributed by atoms with Crippen molar-refractivity contribution in [2.45, 2.75) is 49.7 Å². The smallest absolute Gasteiger partial charge is 0.0627 e. The zero-order valence-electron chi connectivity index (χ0n) is 10.8. The summed E-state index contributed by atoms with van der Waals surface area (Å²) in [5.74, 6) is 0.360. The largest absolute Gasteiger partial charge is 0.392 e. The minimum Gasteiger partial charge on any atom is -0.392 e. The van der Waals surface area contributed by atoms with Crippen molar-refractivity contribution >= 4 is 0 Å². The normalized spacial score (nSPS) is 38.9. The highest BCUT2D eigenvalue weighted by atomic mass is 16.3. The molecule has 0 bridgehead atoms. The third-order valence-electron chi connectivity index (χ3n) is 5.55. The number of aliphatic hydroxyl groups excluding tert-OH is 1. The van der Waals surface area contributed by atoms with Crippen molar-refractivity contribution in [2.75, 3.05) is 13.1 Å².